The summed E-state index contributed by atoms with van der Waals surface area (Å²) in [7, 11) is 0. The average molecular weight is 268 g/mol. The molecule has 1 aromatic heterocycles. The van der Waals surface area contributed by atoms with Gasteiger partial charge >= 0.3 is 0 Å². The highest BCUT2D eigenvalue weighted by Gasteiger charge is 2.06. The highest BCUT2D eigenvalue weighted by Crippen LogP contribution is 2.19. The van der Waals surface area contributed by atoms with Crippen LogP contribution in [-0.2, 0) is 6.42 Å². The van der Waals surface area contributed by atoms with Gasteiger partial charge in [-0.3, -0.25) is 4.99 Å². The Morgan fingerprint density at radius 1 is 1.44 bits per heavy atom. The van der Waals surface area contributed by atoms with Gasteiger partial charge in [-0.1, -0.05) is 13.8 Å². The predicted molar refractivity (Wildman–Crippen MR) is 79.3 cm³/mol. The smallest absolute Gasteiger partial charge is 0.191 e. The van der Waals surface area contributed by atoms with E-state index >= 15 is 0 Å². The first kappa shape index (κ1) is 15.0. The van der Waals surface area contributed by atoms with Gasteiger partial charge in [-0.05, 0) is 13.8 Å². The molecule has 0 aliphatic rings. The Morgan fingerprint density at radius 2 is 2.11 bits per heavy atom. The minimum absolute atomic E-state index is 0.507. The van der Waals surface area contributed by atoms with Crippen LogP contribution in [0.25, 0.3) is 0 Å². The standard InChI is InChI=1S/C13H24N4S/c1-5-17(6-2)13(14)15-8-7-11-9-18-12(16-11)10(3)4/h9-10H,5-8H2,1-4H3,(H2,14,15). The van der Waals surface area contributed by atoms with Crippen molar-refractivity contribution in [3.05, 3.63) is 16.1 Å². The number of hydrogen-bond acceptors (Lipinski definition) is 3. The Kier molecular flexibility index (Phi) is 6.12. The average Bonchev–Trinajstić information content (AvgIpc) is 2.79. The van der Waals surface area contributed by atoms with Crippen LogP contribution in [0.5, 0.6) is 0 Å². The minimum Gasteiger partial charge on any atom is -0.370 e. The summed E-state index contributed by atoms with van der Waals surface area (Å²) in [4.78, 5) is 11.0. The van der Waals surface area contributed by atoms with Crippen LogP contribution in [0.15, 0.2) is 10.4 Å². The minimum atomic E-state index is 0.507. The molecule has 4 nitrogen and oxygen atoms in total. The molecule has 0 saturated heterocycles. The first-order chi connectivity index (χ1) is 8.58. The molecule has 0 spiro atoms. The number of aromatic nitrogens is 1. The molecule has 0 radical (unpaired) electrons. The molecule has 0 fully saturated rings. The van der Waals surface area contributed by atoms with Crippen LogP contribution in [-0.4, -0.2) is 35.5 Å². The second-order valence-corrected chi connectivity index (χ2v) is 5.38. The predicted octanol–water partition coefficient (Wildman–Crippen LogP) is 2.47. The lowest BCUT2D eigenvalue weighted by atomic mass is 10.2. The Hall–Kier alpha value is -1.10. The van der Waals surface area contributed by atoms with Gasteiger partial charge in [-0.2, -0.15) is 0 Å². The van der Waals surface area contributed by atoms with Gasteiger partial charge in [0.15, 0.2) is 5.96 Å². The summed E-state index contributed by atoms with van der Waals surface area (Å²) in [6.07, 6.45) is 0.866. The van der Waals surface area contributed by atoms with E-state index in [1.807, 2.05) is 0 Å². The fraction of sp³-hybridized carbons (Fsp3) is 0.692. The lowest BCUT2D eigenvalue weighted by Crippen LogP contribution is -2.37. The first-order valence-electron chi connectivity index (χ1n) is 6.57. The van der Waals surface area contributed by atoms with Gasteiger partial charge in [0.2, 0.25) is 0 Å². The maximum Gasteiger partial charge on any atom is 0.191 e. The van der Waals surface area contributed by atoms with E-state index in [2.05, 4.69) is 48.0 Å². The van der Waals surface area contributed by atoms with Crippen molar-refractivity contribution in [2.75, 3.05) is 19.6 Å². The number of guanidine groups is 1. The van der Waals surface area contributed by atoms with E-state index < -0.39 is 0 Å². The normalized spacial score (nSPS) is 12.2. The van der Waals surface area contributed by atoms with Gasteiger partial charge in [0.1, 0.15) is 0 Å². The molecule has 0 atom stereocenters. The largest absolute Gasteiger partial charge is 0.370 e. The molecule has 0 amide bonds. The Balaban J connectivity index is 2.47. The SMILES string of the molecule is CCN(CC)C(N)=NCCc1csc(C(C)C)n1. The quantitative estimate of drug-likeness (QED) is 0.637. The monoisotopic (exact) mass is 268 g/mol. The van der Waals surface area contributed by atoms with Crippen LogP contribution >= 0.6 is 11.3 Å². The number of rotatable bonds is 6. The fourth-order valence-electron chi connectivity index (χ4n) is 1.64. The fourth-order valence-corrected chi connectivity index (χ4v) is 2.50. The molecule has 1 heterocycles. The van der Waals surface area contributed by atoms with Crippen LogP contribution in [0.1, 0.15) is 44.3 Å². The highest BCUT2D eigenvalue weighted by molar-refractivity contribution is 7.09. The van der Waals surface area contributed by atoms with Crippen molar-refractivity contribution in [3.63, 3.8) is 0 Å². The molecular formula is C13H24N4S. The number of nitrogens with zero attached hydrogens (tertiary/aromatic N) is 3. The summed E-state index contributed by atoms with van der Waals surface area (Å²) in [5.41, 5.74) is 7.04. The van der Waals surface area contributed by atoms with E-state index in [0.717, 1.165) is 25.2 Å². The number of thiazole rings is 1. The van der Waals surface area contributed by atoms with Gasteiger partial charge in [-0.15, -0.1) is 11.3 Å². The summed E-state index contributed by atoms with van der Waals surface area (Å²) < 4.78 is 0. The maximum atomic E-state index is 5.91. The van der Waals surface area contributed by atoms with Gasteiger partial charge in [0, 0.05) is 37.4 Å². The zero-order chi connectivity index (χ0) is 13.5. The van der Waals surface area contributed by atoms with Gasteiger partial charge in [0.25, 0.3) is 0 Å². The molecule has 2 N–H and O–H groups in total. The maximum absolute atomic E-state index is 5.91. The molecule has 0 bridgehead atoms. The summed E-state index contributed by atoms with van der Waals surface area (Å²) in [6.45, 7) is 11.0. The van der Waals surface area contributed by atoms with Crippen molar-refractivity contribution < 1.29 is 0 Å². The lowest BCUT2D eigenvalue weighted by Gasteiger charge is -2.19. The third-order valence-corrected chi connectivity index (χ3v) is 3.99. The highest BCUT2D eigenvalue weighted by atomic mass is 32.1. The molecule has 102 valence electrons. The van der Waals surface area contributed by atoms with Crippen molar-refractivity contribution in [3.8, 4) is 0 Å². The Bertz CT molecular complexity index is 380. The number of nitrogens with two attached hydrogens (primary N) is 1. The third-order valence-electron chi connectivity index (χ3n) is 2.79. The zero-order valence-corrected chi connectivity index (χ0v) is 12.6. The Labute approximate surface area is 114 Å². The zero-order valence-electron chi connectivity index (χ0n) is 11.8. The topological polar surface area (TPSA) is 54.5 Å². The molecule has 0 saturated carbocycles. The van der Waals surface area contributed by atoms with Gasteiger partial charge in [0.05, 0.1) is 10.7 Å². The molecule has 5 heteroatoms. The molecule has 1 rings (SSSR count). The second-order valence-electron chi connectivity index (χ2n) is 4.49. The summed E-state index contributed by atoms with van der Waals surface area (Å²) >= 11 is 1.73. The molecule has 0 aromatic carbocycles. The second kappa shape index (κ2) is 7.36. The van der Waals surface area contributed by atoms with E-state index in [9.17, 15) is 0 Å². The number of hydrogen-bond donors (Lipinski definition) is 1. The summed E-state index contributed by atoms with van der Waals surface area (Å²) in [5, 5.41) is 3.32. The Morgan fingerprint density at radius 3 is 2.61 bits per heavy atom. The van der Waals surface area contributed by atoms with Crippen LogP contribution in [0.2, 0.25) is 0 Å². The van der Waals surface area contributed by atoms with E-state index in [4.69, 9.17) is 5.73 Å². The molecule has 18 heavy (non-hydrogen) atoms. The van der Waals surface area contributed by atoms with E-state index in [-0.39, 0.29) is 0 Å². The van der Waals surface area contributed by atoms with Gasteiger partial charge in [-0.25, -0.2) is 4.98 Å². The van der Waals surface area contributed by atoms with Crippen LogP contribution in [0, 0.1) is 0 Å². The molecule has 0 unspecified atom stereocenters. The van der Waals surface area contributed by atoms with E-state index in [1.54, 1.807) is 11.3 Å². The van der Waals surface area contributed by atoms with E-state index in [0.29, 0.717) is 18.4 Å². The van der Waals surface area contributed by atoms with Crippen LogP contribution in [0.3, 0.4) is 0 Å². The molecule has 0 aliphatic carbocycles. The first-order valence-corrected chi connectivity index (χ1v) is 7.45. The van der Waals surface area contributed by atoms with Crippen molar-refractivity contribution in [2.24, 2.45) is 10.7 Å². The molecular weight excluding hydrogens is 244 g/mol. The summed E-state index contributed by atoms with van der Waals surface area (Å²) in [5.74, 6) is 1.15. The van der Waals surface area contributed by atoms with Crippen LogP contribution < -0.4 is 5.73 Å². The number of aliphatic imine (C=N–C) groups is 1. The van der Waals surface area contributed by atoms with Gasteiger partial charge < -0.3 is 10.6 Å². The van der Waals surface area contributed by atoms with Crippen molar-refractivity contribution >= 4 is 17.3 Å². The lowest BCUT2D eigenvalue weighted by molar-refractivity contribution is 0.458. The van der Waals surface area contributed by atoms with Crippen LogP contribution in [0.4, 0.5) is 0 Å². The van der Waals surface area contributed by atoms with Crippen molar-refractivity contribution in [1.82, 2.24) is 9.88 Å². The molecule has 0 aliphatic heterocycles. The third kappa shape index (κ3) is 4.29. The van der Waals surface area contributed by atoms with Crippen molar-refractivity contribution in [1.29, 1.82) is 0 Å². The molecule has 1 aromatic rings. The van der Waals surface area contributed by atoms with Crippen molar-refractivity contribution in [2.45, 2.75) is 40.0 Å². The van der Waals surface area contributed by atoms with E-state index in [1.165, 1.54) is 5.01 Å². The summed E-state index contributed by atoms with van der Waals surface area (Å²) in [6, 6.07) is 0.